The van der Waals surface area contributed by atoms with Crippen LogP contribution >= 0.6 is 0 Å². The lowest BCUT2D eigenvalue weighted by Gasteiger charge is -1.97. The van der Waals surface area contributed by atoms with E-state index in [9.17, 15) is 4.79 Å². The normalized spacial score (nSPS) is 10.7. The van der Waals surface area contributed by atoms with Gasteiger partial charge in [-0.2, -0.15) is 5.10 Å². The van der Waals surface area contributed by atoms with Crippen LogP contribution in [0.2, 0.25) is 0 Å². The third-order valence-electron chi connectivity index (χ3n) is 2.41. The van der Waals surface area contributed by atoms with E-state index in [2.05, 4.69) is 22.7 Å². The van der Waals surface area contributed by atoms with Crippen molar-refractivity contribution in [2.75, 3.05) is 0 Å². The van der Waals surface area contributed by atoms with Crippen molar-refractivity contribution in [1.82, 2.24) is 5.43 Å². The van der Waals surface area contributed by atoms with Gasteiger partial charge in [-0.15, -0.1) is 0 Å². The minimum Gasteiger partial charge on any atom is -0.459 e. The summed E-state index contributed by atoms with van der Waals surface area (Å²) in [6.07, 6.45) is 4.82. The molecule has 2 aromatic rings. The Hall–Kier alpha value is -2.36. The minimum atomic E-state index is -0.337. The monoisotopic (exact) mass is 242 g/mol. The second-order valence-electron chi connectivity index (χ2n) is 3.75. The number of benzene rings is 1. The Morgan fingerprint density at radius 2 is 2.06 bits per heavy atom. The summed E-state index contributed by atoms with van der Waals surface area (Å²) >= 11 is 0. The first-order valence-corrected chi connectivity index (χ1v) is 5.75. The lowest BCUT2D eigenvalue weighted by Crippen LogP contribution is -2.16. The summed E-state index contributed by atoms with van der Waals surface area (Å²) < 4.78 is 4.94. The molecule has 1 aromatic carbocycles. The molecule has 1 amide bonds. The number of rotatable bonds is 5. The third-order valence-corrected chi connectivity index (χ3v) is 2.41. The molecule has 0 spiro atoms. The molecule has 0 saturated heterocycles. The number of aryl methyl sites for hydroxylation is 1. The molecule has 18 heavy (non-hydrogen) atoms. The van der Waals surface area contributed by atoms with Crippen LogP contribution in [0.1, 0.15) is 22.5 Å². The highest BCUT2D eigenvalue weighted by molar-refractivity contribution is 5.91. The van der Waals surface area contributed by atoms with Crippen LogP contribution in [0.25, 0.3) is 0 Å². The van der Waals surface area contributed by atoms with Crippen molar-refractivity contribution >= 4 is 12.1 Å². The number of hydrazone groups is 1. The van der Waals surface area contributed by atoms with Gasteiger partial charge in [0.2, 0.25) is 0 Å². The SMILES string of the molecule is O=C(N/N=C/CCc1ccccc1)c1ccco1. The Labute approximate surface area is 105 Å². The Balaban J connectivity index is 1.71. The summed E-state index contributed by atoms with van der Waals surface area (Å²) in [4.78, 5) is 11.4. The number of nitrogens with zero attached hydrogens (tertiary/aromatic N) is 1. The fourth-order valence-electron chi connectivity index (χ4n) is 1.51. The van der Waals surface area contributed by atoms with Crippen LogP contribution in [0.3, 0.4) is 0 Å². The number of hydrogen-bond acceptors (Lipinski definition) is 3. The van der Waals surface area contributed by atoms with Crippen LogP contribution < -0.4 is 5.43 Å². The highest BCUT2D eigenvalue weighted by Crippen LogP contribution is 2.01. The predicted molar refractivity (Wildman–Crippen MR) is 69.4 cm³/mol. The maximum Gasteiger partial charge on any atom is 0.307 e. The van der Waals surface area contributed by atoms with Crippen molar-refractivity contribution in [2.24, 2.45) is 5.10 Å². The molecule has 1 N–H and O–H groups in total. The number of amides is 1. The summed E-state index contributed by atoms with van der Waals surface area (Å²) in [6, 6.07) is 13.4. The average Bonchev–Trinajstić information content (AvgIpc) is 2.93. The standard InChI is InChI=1S/C14H14N2O2/c17-14(13-9-5-11-18-13)16-15-10-4-8-12-6-2-1-3-7-12/h1-3,5-7,9-11H,4,8H2,(H,16,17)/b15-10+. The van der Waals surface area contributed by atoms with Crippen molar-refractivity contribution in [3.8, 4) is 0 Å². The van der Waals surface area contributed by atoms with Gasteiger partial charge in [0.25, 0.3) is 0 Å². The molecule has 1 heterocycles. The van der Waals surface area contributed by atoms with Crippen molar-refractivity contribution in [3.05, 3.63) is 60.1 Å². The molecule has 0 saturated carbocycles. The largest absolute Gasteiger partial charge is 0.459 e. The summed E-state index contributed by atoms with van der Waals surface area (Å²) in [7, 11) is 0. The Morgan fingerprint density at radius 1 is 1.22 bits per heavy atom. The van der Waals surface area contributed by atoms with Gasteiger partial charge in [-0.25, -0.2) is 5.43 Å². The highest BCUT2D eigenvalue weighted by Gasteiger charge is 2.05. The zero-order valence-corrected chi connectivity index (χ0v) is 9.87. The fourth-order valence-corrected chi connectivity index (χ4v) is 1.51. The molecule has 0 atom stereocenters. The van der Waals surface area contributed by atoms with Crippen molar-refractivity contribution in [3.63, 3.8) is 0 Å². The van der Waals surface area contributed by atoms with E-state index in [1.54, 1.807) is 18.3 Å². The molecule has 0 bridgehead atoms. The number of carbonyl (C=O) groups is 1. The van der Waals surface area contributed by atoms with Crippen molar-refractivity contribution in [2.45, 2.75) is 12.8 Å². The Bertz CT molecular complexity index is 504. The second kappa shape index (κ2) is 6.39. The number of carbonyl (C=O) groups excluding carboxylic acids is 1. The molecule has 0 aliphatic heterocycles. The van der Waals surface area contributed by atoms with Gasteiger partial charge in [0.15, 0.2) is 5.76 Å². The van der Waals surface area contributed by atoms with Crippen molar-refractivity contribution < 1.29 is 9.21 Å². The Morgan fingerprint density at radius 3 is 2.78 bits per heavy atom. The van der Waals surface area contributed by atoms with E-state index >= 15 is 0 Å². The van der Waals surface area contributed by atoms with Gasteiger partial charge < -0.3 is 4.42 Å². The highest BCUT2D eigenvalue weighted by atomic mass is 16.3. The molecule has 4 heteroatoms. The van der Waals surface area contributed by atoms with E-state index in [0.29, 0.717) is 0 Å². The molecule has 0 aliphatic rings. The summed E-state index contributed by atoms with van der Waals surface area (Å²) in [6.45, 7) is 0. The summed E-state index contributed by atoms with van der Waals surface area (Å²) in [5, 5.41) is 3.86. The van der Waals surface area contributed by atoms with E-state index in [1.165, 1.54) is 11.8 Å². The molecule has 2 rings (SSSR count). The molecule has 0 unspecified atom stereocenters. The lowest BCUT2D eigenvalue weighted by molar-refractivity contribution is 0.0927. The van der Waals surface area contributed by atoms with E-state index < -0.39 is 0 Å². The van der Waals surface area contributed by atoms with Gasteiger partial charge in [0.05, 0.1) is 6.26 Å². The zero-order chi connectivity index (χ0) is 12.6. The van der Waals surface area contributed by atoms with E-state index in [1.807, 2.05) is 18.2 Å². The van der Waals surface area contributed by atoms with E-state index in [4.69, 9.17) is 4.42 Å². The first-order chi connectivity index (χ1) is 8.86. The first kappa shape index (κ1) is 12.1. The maximum atomic E-state index is 11.4. The van der Waals surface area contributed by atoms with Gasteiger partial charge in [0.1, 0.15) is 0 Å². The summed E-state index contributed by atoms with van der Waals surface area (Å²) in [5.74, 6) is -0.0776. The van der Waals surface area contributed by atoms with Crippen LogP contribution in [0.5, 0.6) is 0 Å². The molecular weight excluding hydrogens is 228 g/mol. The molecule has 0 fully saturated rings. The molecule has 0 aliphatic carbocycles. The van der Waals surface area contributed by atoms with Gasteiger partial charge in [-0.3, -0.25) is 4.79 Å². The maximum absolute atomic E-state index is 11.4. The minimum absolute atomic E-state index is 0.259. The van der Waals surface area contributed by atoms with E-state index in [0.717, 1.165) is 12.8 Å². The Kier molecular flexibility index (Phi) is 4.30. The molecular formula is C14H14N2O2. The molecule has 1 aromatic heterocycles. The van der Waals surface area contributed by atoms with Crippen LogP contribution in [0.4, 0.5) is 0 Å². The van der Waals surface area contributed by atoms with Crippen LogP contribution in [-0.4, -0.2) is 12.1 Å². The van der Waals surface area contributed by atoms with Crippen LogP contribution in [-0.2, 0) is 6.42 Å². The van der Waals surface area contributed by atoms with Crippen LogP contribution in [0.15, 0.2) is 58.2 Å². The van der Waals surface area contributed by atoms with Crippen molar-refractivity contribution in [1.29, 1.82) is 0 Å². The molecule has 92 valence electrons. The van der Waals surface area contributed by atoms with Gasteiger partial charge >= 0.3 is 5.91 Å². The van der Waals surface area contributed by atoms with Gasteiger partial charge in [-0.05, 0) is 30.5 Å². The fraction of sp³-hybridized carbons (Fsp3) is 0.143. The predicted octanol–water partition coefficient (Wildman–Crippen LogP) is 2.63. The quantitative estimate of drug-likeness (QED) is 0.647. The van der Waals surface area contributed by atoms with Crippen LogP contribution in [0, 0.1) is 0 Å². The summed E-state index contributed by atoms with van der Waals surface area (Å²) in [5.41, 5.74) is 3.66. The topological polar surface area (TPSA) is 54.6 Å². The third kappa shape index (κ3) is 3.59. The molecule has 0 radical (unpaired) electrons. The molecule has 4 nitrogen and oxygen atoms in total. The second-order valence-corrected chi connectivity index (χ2v) is 3.75. The van der Waals surface area contributed by atoms with Gasteiger partial charge in [-0.1, -0.05) is 30.3 Å². The zero-order valence-electron chi connectivity index (χ0n) is 9.87. The number of nitrogens with one attached hydrogen (secondary N) is 1. The van der Waals surface area contributed by atoms with Gasteiger partial charge in [0, 0.05) is 6.21 Å². The lowest BCUT2D eigenvalue weighted by atomic mass is 10.1. The number of furan rings is 1. The smallest absolute Gasteiger partial charge is 0.307 e. The average molecular weight is 242 g/mol. The van der Waals surface area contributed by atoms with E-state index in [-0.39, 0.29) is 11.7 Å². The number of hydrogen-bond donors (Lipinski definition) is 1. The first-order valence-electron chi connectivity index (χ1n) is 5.75.